The molecule has 148 valence electrons. The molecule has 0 atom stereocenters. The first kappa shape index (κ1) is 18.6. The van der Waals surface area contributed by atoms with Crippen molar-refractivity contribution >= 4 is 23.3 Å². The van der Waals surface area contributed by atoms with Gasteiger partial charge in [0.15, 0.2) is 5.76 Å². The molecule has 29 heavy (non-hydrogen) atoms. The summed E-state index contributed by atoms with van der Waals surface area (Å²) in [5.41, 5.74) is 0.887. The smallest absolute Gasteiger partial charge is 0.289 e. The molecular weight excluding hydrogens is 377 g/mol. The average molecular weight is 395 g/mol. The summed E-state index contributed by atoms with van der Waals surface area (Å²) in [6, 6.07) is 9.13. The number of hydrogen-bond donors (Lipinski definition) is 1. The molecule has 3 heterocycles. The van der Waals surface area contributed by atoms with E-state index < -0.39 is 0 Å². The van der Waals surface area contributed by atoms with Gasteiger partial charge in [-0.05, 0) is 36.4 Å². The highest BCUT2D eigenvalue weighted by Crippen LogP contribution is 2.15. The number of nitrogens with one attached hydrogen (secondary N) is 1. The standard InChI is InChI=1S/C20H18FN5O3/c21-14-3-5-15(6-4-14)24-18-13-22-16(12-23-18)19(27)25-7-9-26(10-8-25)20(28)17-2-1-11-29-17/h1-6,11-13H,7-10H2,(H,23,24). The molecule has 1 N–H and O–H groups in total. The van der Waals surface area contributed by atoms with Crippen LogP contribution in [0.5, 0.6) is 0 Å². The monoisotopic (exact) mass is 395 g/mol. The van der Waals surface area contributed by atoms with Gasteiger partial charge < -0.3 is 19.5 Å². The van der Waals surface area contributed by atoms with Crippen LogP contribution in [0.2, 0.25) is 0 Å². The summed E-state index contributed by atoms with van der Waals surface area (Å²) in [7, 11) is 0. The second kappa shape index (κ2) is 8.09. The van der Waals surface area contributed by atoms with Gasteiger partial charge in [-0.1, -0.05) is 0 Å². The molecule has 8 nitrogen and oxygen atoms in total. The van der Waals surface area contributed by atoms with Crippen LogP contribution in [0.25, 0.3) is 0 Å². The number of amides is 2. The molecule has 9 heteroatoms. The van der Waals surface area contributed by atoms with Gasteiger partial charge in [-0.15, -0.1) is 0 Å². The average Bonchev–Trinajstić information content (AvgIpc) is 3.30. The molecule has 4 rings (SSSR count). The van der Waals surface area contributed by atoms with Crippen molar-refractivity contribution in [2.24, 2.45) is 0 Å². The fourth-order valence-electron chi connectivity index (χ4n) is 3.01. The molecule has 2 aromatic heterocycles. The summed E-state index contributed by atoms with van der Waals surface area (Å²) in [6.45, 7) is 1.65. The van der Waals surface area contributed by atoms with E-state index in [0.29, 0.717) is 43.4 Å². The number of furan rings is 1. The molecule has 0 spiro atoms. The van der Waals surface area contributed by atoms with E-state index in [1.165, 1.54) is 30.8 Å². The van der Waals surface area contributed by atoms with Gasteiger partial charge in [-0.25, -0.2) is 14.4 Å². The Balaban J connectivity index is 1.34. The topological polar surface area (TPSA) is 91.6 Å². The summed E-state index contributed by atoms with van der Waals surface area (Å²) in [5, 5.41) is 2.99. The number of aromatic nitrogens is 2. The normalized spacial score (nSPS) is 14.0. The lowest BCUT2D eigenvalue weighted by atomic mass is 10.2. The Morgan fingerprint density at radius 1 is 0.931 bits per heavy atom. The van der Waals surface area contributed by atoms with Gasteiger partial charge in [0.25, 0.3) is 11.8 Å². The number of nitrogens with zero attached hydrogens (tertiary/aromatic N) is 4. The zero-order valence-electron chi connectivity index (χ0n) is 15.4. The number of anilines is 2. The lowest BCUT2D eigenvalue weighted by Gasteiger charge is -2.34. The maximum atomic E-state index is 13.0. The second-order valence-electron chi connectivity index (χ2n) is 6.48. The molecule has 1 fully saturated rings. The van der Waals surface area contributed by atoms with E-state index in [4.69, 9.17) is 4.42 Å². The van der Waals surface area contributed by atoms with Gasteiger partial charge in [0.1, 0.15) is 17.3 Å². The van der Waals surface area contributed by atoms with Crippen molar-refractivity contribution in [1.29, 1.82) is 0 Å². The number of hydrogen-bond acceptors (Lipinski definition) is 6. The van der Waals surface area contributed by atoms with E-state index in [1.807, 2.05) is 0 Å². The van der Waals surface area contributed by atoms with Crippen LogP contribution < -0.4 is 5.32 Å². The number of halogens is 1. The maximum absolute atomic E-state index is 13.0. The van der Waals surface area contributed by atoms with Crippen molar-refractivity contribution in [3.05, 3.63) is 72.3 Å². The summed E-state index contributed by atoms with van der Waals surface area (Å²) >= 11 is 0. The molecule has 0 radical (unpaired) electrons. The molecule has 0 aliphatic carbocycles. The van der Waals surface area contributed by atoms with Gasteiger partial charge in [0.2, 0.25) is 0 Å². The zero-order chi connectivity index (χ0) is 20.2. The number of benzene rings is 1. The fraction of sp³-hybridized carbons (Fsp3) is 0.200. The Morgan fingerprint density at radius 3 is 2.21 bits per heavy atom. The highest BCUT2D eigenvalue weighted by molar-refractivity contribution is 5.93. The quantitative estimate of drug-likeness (QED) is 0.730. The van der Waals surface area contributed by atoms with Gasteiger partial charge in [0, 0.05) is 31.9 Å². The fourth-order valence-corrected chi connectivity index (χ4v) is 3.01. The number of carbonyl (C=O) groups is 2. The third kappa shape index (κ3) is 4.23. The minimum Gasteiger partial charge on any atom is -0.459 e. The third-order valence-corrected chi connectivity index (χ3v) is 4.57. The Labute approximate surface area is 166 Å². The van der Waals surface area contributed by atoms with Gasteiger partial charge in [-0.3, -0.25) is 9.59 Å². The minimum atomic E-state index is -0.325. The molecular formula is C20H18FN5O3. The minimum absolute atomic E-state index is 0.182. The largest absolute Gasteiger partial charge is 0.459 e. The molecule has 1 aliphatic heterocycles. The summed E-state index contributed by atoms with van der Waals surface area (Å²) in [4.78, 5) is 36.6. The van der Waals surface area contributed by atoms with Gasteiger partial charge in [0.05, 0.1) is 18.7 Å². The number of rotatable bonds is 4. The van der Waals surface area contributed by atoms with E-state index >= 15 is 0 Å². The van der Waals surface area contributed by atoms with E-state index in [2.05, 4.69) is 15.3 Å². The van der Waals surface area contributed by atoms with Crippen molar-refractivity contribution in [2.45, 2.75) is 0 Å². The van der Waals surface area contributed by atoms with Crippen LogP contribution in [0.1, 0.15) is 21.0 Å². The highest BCUT2D eigenvalue weighted by Gasteiger charge is 2.27. The number of carbonyl (C=O) groups excluding carboxylic acids is 2. The first-order chi connectivity index (χ1) is 14.1. The first-order valence-electron chi connectivity index (χ1n) is 9.07. The molecule has 0 saturated carbocycles. The summed E-state index contributed by atoms with van der Waals surface area (Å²) < 4.78 is 18.1. The van der Waals surface area contributed by atoms with Crippen molar-refractivity contribution in [3.8, 4) is 0 Å². The van der Waals surface area contributed by atoms with E-state index in [-0.39, 0.29) is 23.3 Å². The molecule has 1 aliphatic rings. The molecule has 0 unspecified atom stereocenters. The molecule has 1 aromatic carbocycles. The summed E-state index contributed by atoms with van der Waals surface area (Å²) in [6.07, 6.45) is 4.31. The lowest BCUT2D eigenvalue weighted by Crippen LogP contribution is -2.50. The predicted octanol–water partition coefficient (Wildman–Crippen LogP) is 2.55. The van der Waals surface area contributed by atoms with E-state index in [1.54, 1.807) is 34.1 Å². The van der Waals surface area contributed by atoms with Crippen LogP contribution in [0, 0.1) is 5.82 Å². The van der Waals surface area contributed by atoms with Crippen molar-refractivity contribution in [1.82, 2.24) is 19.8 Å². The Hall–Kier alpha value is -3.75. The second-order valence-corrected chi connectivity index (χ2v) is 6.48. The molecule has 1 saturated heterocycles. The van der Waals surface area contributed by atoms with Crippen molar-refractivity contribution in [3.63, 3.8) is 0 Å². The van der Waals surface area contributed by atoms with Crippen LogP contribution in [-0.2, 0) is 0 Å². The third-order valence-electron chi connectivity index (χ3n) is 4.57. The zero-order valence-corrected chi connectivity index (χ0v) is 15.4. The number of piperazine rings is 1. The van der Waals surface area contributed by atoms with Gasteiger partial charge in [-0.2, -0.15) is 0 Å². The van der Waals surface area contributed by atoms with Crippen molar-refractivity contribution < 1.29 is 18.4 Å². The van der Waals surface area contributed by atoms with E-state index in [9.17, 15) is 14.0 Å². The molecule has 3 aromatic rings. The first-order valence-corrected chi connectivity index (χ1v) is 9.07. The SMILES string of the molecule is O=C(c1cnc(Nc2ccc(F)cc2)cn1)N1CCN(C(=O)c2ccco2)CC1. The maximum Gasteiger partial charge on any atom is 0.289 e. The predicted molar refractivity (Wildman–Crippen MR) is 102 cm³/mol. The van der Waals surface area contributed by atoms with Crippen LogP contribution in [-0.4, -0.2) is 57.8 Å². The van der Waals surface area contributed by atoms with Crippen LogP contribution in [0.4, 0.5) is 15.9 Å². The van der Waals surface area contributed by atoms with Crippen LogP contribution in [0.15, 0.2) is 59.5 Å². The molecule has 0 bridgehead atoms. The Morgan fingerprint density at radius 2 is 1.62 bits per heavy atom. The van der Waals surface area contributed by atoms with Gasteiger partial charge >= 0.3 is 0 Å². The van der Waals surface area contributed by atoms with Crippen LogP contribution >= 0.6 is 0 Å². The van der Waals surface area contributed by atoms with Crippen molar-refractivity contribution in [2.75, 3.05) is 31.5 Å². The lowest BCUT2D eigenvalue weighted by molar-refractivity contribution is 0.0515. The molecule has 2 amide bonds. The summed E-state index contributed by atoms with van der Waals surface area (Å²) in [5.74, 6) is -0.00974. The Bertz CT molecular complexity index is 982. The highest BCUT2D eigenvalue weighted by atomic mass is 19.1. The van der Waals surface area contributed by atoms with E-state index in [0.717, 1.165) is 0 Å². The van der Waals surface area contributed by atoms with Crippen LogP contribution in [0.3, 0.4) is 0 Å². The Kier molecular flexibility index (Phi) is 5.19.